The van der Waals surface area contributed by atoms with Crippen molar-refractivity contribution >= 4 is 0 Å². The molecule has 0 saturated carbocycles. The third-order valence-electron chi connectivity index (χ3n) is 4.63. The van der Waals surface area contributed by atoms with E-state index in [0.29, 0.717) is 0 Å². The largest absolute Gasteiger partial charge is 0.314 e. The zero-order valence-corrected chi connectivity index (χ0v) is 11.0. The molecular formula is C14H28N2. The Morgan fingerprint density at radius 1 is 1.19 bits per heavy atom. The summed E-state index contributed by atoms with van der Waals surface area (Å²) in [7, 11) is 0. The summed E-state index contributed by atoms with van der Waals surface area (Å²) in [6.45, 7) is 8.64. The Labute approximate surface area is 101 Å². The van der Waals surface area contributed by atoms with Crippen molar-refractivity contribution in [3.8, 4) is 0 Å². The van der Waals surface area contributed by atoms with Crippen LogP contribution in [0.4, 0.5) is 0 Å². The van der Waals surface area contributed by atoms with E-state index in [1.54, 1.807) is 0 Å². The zero-order chi connectivity index (χ0) is 11.4. The predicted octanol–water partition coefficient (Wildman–Crippen LogP) is 2.64. The van der Waals surface area contributed by atoms with E-state index < -0.39 is 0 Å². The average Bonchev–Trinajstić information content (AvgIpc) is 2.56. The lowest BCUT2D eigenvalue weighted by Gasteiger charge is -2.32. The lowest BCUT2D eigenvalue weighted by Crippen LogP contribution is -2.40. The quantitative estimate of drug-likeness (QED) is 0.793. The molecule has 1 N–H and O–H groups in total. The van der Waals surface area contributed by atoms with Crippen LogP contribution in [-0.2, 0) is 0 Å². The molecule has 0 bridgehead atoms. The molecule has 2 rings (SSSR count). The molecule has 0 spiro atoms. The Kier molecular flexibility index (Phi) is 4.66. The van der Waals surface area contributed by atoms with E-state index in [-0.39, 0.29) is 0 Å². The Balaban J connectivity index is 1.89. The predicted molar refractivity (Wildman–Crippen MR) is 69.7 cm³/mol. The lowest BCUT2D eigenvalue weighted by molar-refractivity contribution is 0.161. The number of hydrogen-bond acceptors (Lipinski definition) is 2. The molecule has 3 unspecified atom stereocenters. The molecule has 0 aliphatic carbocycles. The molecule has 16 heavy (non-hydrogen) atoms. The summed E-state index contributed by atoms with van der Waals surface area (Å²) >= 11 is 0. The van der Waals surface area contributed by atoms with Crippen LogP contribution < -0.4 is 5.32 Å². The fourth-order valence-electron chi connectivity index (χ4n) is 3.40. The minimum absolute atomic E-state index is 0.737. The second kappa shape index (κ2) is 6.02. The number of rotatable bonds is 3. The van der Waals surface area contributed by atoms with Gasteiger partial charge in [0, 0.05) is 18.6 Å². The van der Waals surface area contributed by atoms with E-state index in [4.69, 9.17) is 0 Å². The van der Waals surface area contributed by atoms with Crippen LogP contribution in [0.1, 0.15) is 52.4 Å². The molecule has 0 radical (unpaired) electrons. The Morgan fingerprint density at radius 2 is 2.06 bits per heavy atom. The molecule has 0 aromatic rings. The monoisotopic (exact) mass is 224 g/mol. The minimum atomic E-state index is 0.737. The maximum Gasteiger partial charge on any atom is 0.00927 e. The van der Waals surface area contributed by atoms with Gasteiger partial charge in [0.2, 0.25) is 0 Å². The molecule has 2 heterocycles. The first-order chi connectivity index (χ1) is 7.81. The summed E-state index contributed by atoms with van der Waals surface area (Å²) in [5.41, 5.74) is 0. The fraction of sp³-hybridized carbons (Fsp3) is 1.00. The van der Waals surface area contributed by atoms with Gasteiger partial charge >= 0.3 is 0 Å². The third-order valence-corrected chi connectivity index (χ3v) is 4.63. The summed E-state index contributed by atoms with van der Waals surface area (Å²) in [5, 5.41) is 3.58. The summed E-state index contributed by atoms with van der Waals surface area (Å²) in [5.74, 6) is 0.896. The van der Waals surface area contributed by atoms with Crippen molar-refractivity contribution in [1.29, 1.82) is 0 Å². The molecule has 3 atom stereocenters. The molecule has 0 amide bonds. The van der Waals surface area contributed by atoms with Crippen LogP contribution in [0, 0.1) is 5.92 Å². The van der Waals surface area contributed by atoms with E-state index in [1.807, 2.05) is 0 Å². The van der Waals surface area contributed by atoms with Crippen molar-refractivity contribution < 1.29 is 0 Å². The van der Waals surface area contributed by atoms with Crippen LogP contribution in [0.15, 0.2) is 0 Å². The second-order valence-electron chi connectivity index (χ2n) is 5.70. The van der Waals surface area contributed by atoms with E-state index >= 15 is 0 Å². The maximum absolute atomic E-state index is 3.58. The van der Waals surface area contributed by atoms with Gasteiger partial charge in [0.15, 0.2) is 0 Å². The summed E-state index contributed by atoms with van der Waals surface area (Å²) < 4.78 is 0. The third kappa shape index (κ3) is 2.98. The molecule has 2 saturated heterocycles. The smallest absolute Gasteiger partial charge is 0.00927 e. The van der Waals surface area contributed by atoms with Crippen molar-refractivity contribution in [3.05, 3.63) is 0 Å². The number of nitrogens with one attached hydrogen (secondary N) is 1. The Morgan fingerprint density at radius 3 is 2.75 bits per heavy atom. The van der Waals surface area contributed by atoms with Gasteiger partial charge in [0.1, 0.15) is 0 Å². The molecule has 0 aromatic carbocycles. The summed E-state index contributed by atoms with van der Waals surface area (Å²) in [4.78, 5) is 2.79. The van der Waals surface area contributed by atoms with E-state index in [0.717, 1.165) is 18.0 Å². The molecule has 94 valence electrons. The van der Waals surface area contributed by atoms with Crippen molar-refractivity contribution in [2.75, 3.05) is 19.6 Å². The first-order valence-corrected chi connectivity index (χ1v) is 7.28. The highest BCUT2D eigenvalue weighted by atomic mass is 15.2. The maximum atomic E-state index is 3.58. The summed E-state index contributed by atoms with van der Waals surface area (Å²) in [6.07, 6.45) is 8.48. The van der Waals surface area contributed by atoms with E-state index in [9.17, 15) is 0 Å². The van der Waals surface area contributed by atoms with Gasteiger partial charge in [-0.2, -0.15) is 0 Å². The molecule has 2 aliphatic rings. The van der Waals surface area contributed by atoms with Crippen molar-refractivity contribution in [3.63, 3.8) is 0 Å². The highest BCUT2D eigenvalue weighted by Crippen LogP contribution is 2.23. The average molecular weight is 224 g/mol. The summed E-state index contributed by atoms with van der Waals surface area (Å²) in [6, 6.07) is 1.61. The van der Waals surface area contributed by atoms with Crippen molar-refractivity contribution in [2.24, 2.45) is 5.92 Å². The number of hydrogen-bond donors (Lipinski definition) is 1. The highest BCUT2D eigenvalue weighted by molar-refractivity contribution is 4.85. The lowest BCUT2D eigenvalue weighted by atomic mass is 9.99. The number of nitrogens with zero attached hydrogens (tertiary/aromatic N) is 1. The highest BCUT2D eigenvalue weighted by Gasteiger charge is 2.28. The van der Waals surface area contributed by atoms with Crippen LogP contribution in [0.25, 0.3) is 0 Å². The van der Waals surface area contributed by atoms with Crippen LogP contribution in [0.2, 0.25) is 0 Å². The molecule has 2 aliphatic heterocycles. The van der Waals surface area contributed by atoms with Crippen LogP contribution in [-0.4, -0.2) is 36.6 Å². The van der Waals surface area contributed by atoms with Crippen LogP contribution in [0.3, 0.4) is 0 Å². The van der Waals surface area contributed by atoms with Gasteiger partial charge in [0.05, 0.1) is 0 Å². The van der Waals surface area contributed by atoms with Gasteiger partial charge in [0.25, 0.3) is 0 Å². The van der Waals surface area contributed by atoms with Crippen LogP contribution >= 0.6 is 0 Å². The van der Waals surface area contributed by atoms with E-state index in [2.05, 4.69) is 24.1 Å². The molecule has 2 nitrogen and oxygen atoms in total. The number of likely N-dealkylation sites (tertiary alicyclic amines) is 1. The van der Waals surface area contributed by atoms with Gasteiger partial charge in [-0.05, 0) is 51.6 Å². The van der Waals surface area contributed by atoms with E-state index in [1.165, 1.54) is 58.2 Å². The SMILES string of the molecule is CCC1CCCCCN1CC1CCNC1C. The standard InChI is InChI=1S/C14H28N2/c1-3-14-7-5-4-6-10-16(14)11-13-8-9-15-12(13)2/h12-15H,3-11H2,1-2H3. The van der Waals surface area contributed by atoms with Crippen molar-refractivity contribution in [2.45, 2.75) is 64.5 Å². The van der Waals surface area contributed by atoms with Gasteiger partial charge in [-0.25, -0.2) is 0 Å². The molecule has 2 fully saturated rings. The van der Waals surface area contributed by atoms with Gasteiger partial charge in [-0.1, -0.05) is 19.8 Å². The zero-order valence-electron chi connectivity index (χ0n) is 11.0. The van der Waals surface area contributed by atoms with Crippen molar-refractivity contribution in [1.82, 2.24) is 10.2 Å². The minimum Gasteiger partial charge on any atom is -0.314 e. The Hall–Kier alpha value is -0.0800. The van der Waals surface area contributed by atoms with Crippen LogP contribution in [0.5, 0.6) is 0 Å². The van der Waals surface area contributed by atoms with Gasteiger partial charge in [-0.3, -0.25) is 0 Å². The normalized spacial score (nSPS) is 37.5. The Bertz CT molecular complexity index is 205. The first kappa shape index (κ1) is 12.4. The molecule has 2 heteroatoms. The van der Waals surface area contributed by atoms with Gasteiger partial charge in [-0.15, -0.1) is 0 Å². The second-order valence-corrected chi connectivity index (χ2v) is 5.70. The topological polar surface area (TPSA) is 15.3 Å². The fourth-order valence-corrected chi connectivity index (χ4v) is 3.40. The van der Waals surface area contributed by atoms with Gasteiger partial charge < -0.3 is 10.2 Å². The first-order valence-electron chi connectivity index (χ1n) is 7.28. The molecule has 0 aromatic heterocycles. The molecular weight excluding hydrogens is 196 g/mol.